The summed E-state index contributed by atoms with van der Waals surface area (Å²) in [6, 6.07) is 30.0. The van der Waals surface area contributed by atoms with E-state index >= 15 is 0 Å². The number of quaternary nitrogens is 1. The van der Waals surface area contributed by atoms with Gasteiger partial charge >= 0.3 is 0 Å². The molecule has 0 heterocycles. The summed E-state index contributed by atoms with van der Waals surface area (Å²) in [5, 5.41) is 0. The van der Waals surface area contributed by atoms with Crippen LogP contribution in [0.3, 0.4) is 0 Å². The molecule has 0 aromatic heterocycles. The molecule has 0 saturated heterocycles. The molecule has 3 rings (SSSR count). The summed E-state index contributed by atoms with van der Waals surface area (Å²) in [4.78, 5) is 0. The van der Waals surface area contributed by atoms with Gasteiger partial charge in [-0.1, -0.05) is 86.6 Å². The summed E-state index contributed by atoms with van der Waals surface area (Å²) in [5.74, 6) is 0.936. The minimum Gasteiger partial charge on any atom is -1.00 e. The summed E-state index contributed by atoms with van der Waals surface area (Å²) in [6.07, 6.45) is 2.16. The maximum Gasteiger partial charge on any atom is 0.137 e. The molecule has 0 aliphatic carbocycles. The summed E-state index contributed by atoms with van der Waals surface area (Å²) in [5.41, 5.74) is 6.40. The maximum atomic E-state index is 6.07. The third kappa shape index (κ3) is 7.08. The Morgan fingerprint density at radius 2 is 1.22 bits per heavy atom. The zero-order chi connectivity index (χ0) is 22.1. The molecule has 0 saturated carbocycles. The number of likely N-dealkylation sites (N-methyl/N-ethyl adjacent to an activating group) is 1. The SMILES string of the molecule is CCC[N+](C)(C)CCOc1ccc(/C(=C(/CC)c2ccccc2)c2ccccc2)cc1.[Br-]. The van der Waals surface area contributed by atoms with Crippen molar-refractivity contribution in [1.82, 2.24) is 0 Å². The van der Waals surface area contributed by atoms with Crippen molar-refractivity contribution < 1.29 is 26.2 Å². The van der Waals surface area contributed by atoms with Crippen LogP contribution in [0.5, 0.6) is 5.75 Å². The Morgan fingerprint density at radius 3 is 1.75 bits per heavy atom. The average molecular weight is 495 g/mol. The third-order valence-corrected chi connectivity index (χ3v) is 5.78. The van der Waals surface area contributed by atoms with Crippen LogP contribution in [0.4, 0.5) is 0 Å². The van der Waals surface area contributed by atoms with E-state index in [1.54, 1.807) is 0 Å². The van der Waals surface area contributed by atoms with Crippen molar-refractivity contribution in [2.45, 2.75) is 26.7 Å². The summed E-state index contributed by atoms with van der Waals surface area (Å²) >= 11 is 0. The van der Waals surface area contributed by atoms with Crippen LogP contribution in [0.15, 0.2) is 84.9 Å². The fourth-order valence-electron chi connectivity index (χ4n) is 4.13. The smallest absolute Gasteiger partial charge is 0.137 e. The maximum absolute atomic E-state index is 6.07. The second kappa shape index (κ2) is 12.6. The van der Waals surface area contributed by atoms with Gasteiger partial charge in [0, 0.05) is 0 Å². The monoisotopic (exact) mass is 493 g/mol. The molecule has 0 radical (unpaired) electrons. The molecule has 0 amide bonds. The number of hydrogen-bond acceptors (Lipinski definition) is 1. The third-order valence-electron chi connectivity index (χ3n) is 5.78. The number of rotatable bonds is 10. The molecule has 0 aliphatic heterocycles. The highest BCUT2D eigenvalue weighted by atomic mass is 79.9. The van der Waals surface area contributed by atoms with Gasteiger partial charge in [0.05, 0.1) is 20.6 Å². The molecule has 0 spiro atoms. The molecule has 0 bridgehead atoms. The molecule has 3 aromatic rings. The van der Waals surface area contributed by atoms with Crippen molar-refractivity contribution in [3.8, 4) is 5.75 Å². The first kappa shape index (κ1) is 25.9. The van der Waals surface area contributed by atoms with Crippen LogP contribution in [-0.2, 0) is 0 Å². The fourth-order valence-corrected chi connectivity index (χ4v) is 4.13. The van der Waals surface area contributed by atoms with Crippen LogP contribution in [0.25, 0.3) is 11.1 Å². The van der Waals surface area contributed by atoms with Crippen LogP contribution in [-0.4, -0.2) is 38.3 Å². The summed E-state index contributed by atoms with van der Waals surface area (Å²) in [6.45, 7) is 7.39. The number of benzene rings is 3. The Morgan fingerprint density at radius 1 is 0.688 bits per heavy atom. The molecule has 0 N–H and O–H groups in total. The van der Waals surface area contributed by atoms with Gasteiger partial charge in [-0.05, 0) is 52.8 Å². The lowest BCUT2D eigenvalue weighted by Gasteiger charge is -2.29. The molecule has 3 heteroatoms. The Hall–Kier alpha value is -2.36. The minimum atomic E-state index is 0. The van der Waals surface area contributed by atoms with Gasteiger partial charge in [0.2, 0.25) is 0 Å². The van der Waals surface area contributed by atoms with Crippen molar-refractivity contribution in [3.63, 3.8) is 0 Å². The molecule has 3 aromatic carbocycles. The van der Waals surface area contributed by atoms with Crippen LogP contribution >= 0.6 is 0 Å². The summed E-state index contributed by atoms with van der Waals surface area (Å²) < 4.78 is 7.06. The molecule has 0 atom stereocenters. The normalized spacial score (nSPS) is 12.0. The van der Waals surface area contributed by atoms with E-state index in [4.69, 9.17) is 4.74 Å². The van der Waals surface area contributed by atoms with E-state index in [0.717, 1.165) is 29.8 Å². The lowest BCUT2D eigenvalue weighted by molar-refractivity contribution is -0.890. The predicted octanol–water partition coefficient (Wildman–Crippen LogP) is 3.92. The minimum absolute atomic E-state index is 0. The van der Waals surface area contributed by atoms with Gasteiger partial charge < -0.3 is 26.2 Å². The van der Waals surface area contributed by atoms with E-state index in [-0.39, 0.29) is 17.0 Å². The largest absolute Gasteiger partial charge is 1.00 e. The zero-order valence-electron chi connectivity index (χ0n) is 19.9. The van der Waals surface area contributed by atoms with Gasteiger partial charge in [-0.25, -0.2) is 0 Å². The number of hydrogen-bond donors (Lipinski definition) is 0. The fraction of sp³-hybridized carbons (Fsp3) is 0.310. The molecular formula is C29H36BrNO. The Balaban J connectivity index is 0.00000363. The van der Waals surface area contributed by atoms with E-state index in [1.165, 1.54) is 40.8 Å². The highest BCUT2D eigenvalue weighted by molar-refractivity contribution is 5.98. The Bertz CT molecular complexity index is 963. The topological polar surface area (TPSA) is 9.23 Å². The van der Waals surface area contributed by atoms with Crippen LogP contribution in [0.1, 0.15) is 43.4 Å². The first-order valence-electron chi connectivity index (χ1n) is 11.4. The Kier molecular flexibility index (Phi) is 10.2. The van der Waals surface area contributed by atoms with Crippen molar-refractivity contribution in [3.05, 3.63) is 102 Å². The highest BCUT2D eigenvalue weighted by Gasteiger charge is 2.15. The lowest BCUT2D eigenvalue weighted by Crippen LogP contribution is -3.00. The van der Waals surface area contributed by atoms with Crippen molar-refractivity contribution in [2.24, 2.45) is 0 Å². The highest BCUT2D eigenvalue weighted by Crippen LogP contribution is 2.34. The van der Waals surface area contributed by atoms with Gasteiger partial charge in [-0.15, -0.1) is 0 Å². The van der Waals surface area contributed by atoms with Gasteiger partial charge in [-0.2, -0.15) is 0 Å². The quantitative estimate of drug-likeness (QED) is 0.307. The molecule has 2 nitrogen and oxygen atoms in total. The second-order valence-corrected chi connectivity index (χ2v) is 8.69. The Labute approximate surface area is 204 Å². The van der Waals surface area contributed by atoms with E-state index < -0.39 is 0 Å². The molecule has 0 aliphatic rings. The molecule has 170 valence electrons. The van der Waals surface area contributed by atoms with E-state index in [2.05, 4.69) is 113 Å². The van der Waals surface area contributed by atoms with Gasteiger partial charge in [0.15, 0.2) is 0 Å². The molecule has 0 unspecified atom stereocenters. The molecular weight excluding hydrogens is 458 g/mol. The van der Waals surface area contributed by atoms with Crippen LogP contribution in [0.2, 0.25) is 0 Å². The van der Waals surface area contributed by atoms with Gasteiger partial charge in [0.1, 0.15) is 18.9 Å². The van der Waals surface area contributed by atoms with Crippen LogP contribution in [0, 0.1) is 0 Å². The number of nitrogens with zero attached hydrogens (tertiary/aromatic N) is 1. The lowest BCUT2D eigenvalue weighted by atomic mass is 9.88. The number of ether oxygens (including phenoxy) is 1. The number of allylic oxidation sites excluding steroid dienone is 1. The predicted molar refractivity (Wildman–Crippen MR) is 133 cm³/mol. The first-order valence-corrected chi connectivity index (χ1v) is 11.4. The molecule has 32 heavy (non-hydrogen) atoms. The van der Waals surface area contributed by atoms with Gasteiger partial charge in [0.25, 0.3) is 0 Å². The van der Waals surface area contributed by atoms with Crippen LogP contribution < -0.4 is 21.7 Å². The van der Waals surface area contributed by atoms with Crippen molar-refractivity contribution in [1.29, 1.82) is 0 Å². The van der Waals surface area contributed by atoms with Gasteiger partial charge in [-0.3, -0.25) is 0 Å². The van der Waals surface area contributed by atoms with E-state index in [1.807, 2.05) is 0 Å². The first-order chi connectivity index (χ1) is 15.0. The second-order valence-electron chi connectivity index (χ2n) is 8.69. The average Bonchev–Trinajstić information content (AvgIpc) is 2.79. The number of halogens is 1. The van der Waals surface area contributed by atoms with Crippen molar-refractivity contribution >= 4 is 11.1 Å². The van der Waals surface area contributed by atoms with E-state index in [9.17, 15) is 0 Å². The molecule has 0 fully saturated rings. The summed E-state index contributed by atoms with van der Waals surface area (Å²) in [7, 11) is 4.53. The van der Waals surface area contributed by atoms with Crippen molar-refractivity contribution in [2.75, 3.05) is 33.8 Å². The standard InChI is InChI=1S/C29H36NO.BrH/c1-5-21-30(3,4)22-23-31-27-19-17-26(18-20-27)29(25-15-11-8-12-16-25)28(6-2)24-13-9-7-10-14-24;/h7-20H,5-6,21-23H2,1-4H3;1H/q+1;/p-1/b29-28-;. The van der Waals surface area contributed by atoms with E-state index in [0.29, 0.717) is 0 Å². The zero-order valence-corrected chi connectivity index (χ0v) is 21.4.